The summed E-state index contributed by atoms with van der Waals surface area (Å²) in [4.78, 5) is 23.2. The van der Waals surface area contributed by atoms with Crippen molar-refractivity contribution < 1.29 is 14.3 Å². The minimum atomic E-state index is -0.205. The summed E-state index contributed by atoms with van der Waals surface area (Å²) in [5, 5.41) is 4.47. The SMILES string of the molecule is CCOc1ccc(OCCNC(=O)Cn2c(C)csc2=O)cc1. The quantitative estimate of drug-likeness (QED) is 0.747. The minimum Gasteiger partial charge on any atom is -0.494 e. The molecule has 0 fully saturated rings. The number of rotatable bonds is 8. The first-order valence-electron chi connectivity index (χ1n) is 7.37. The molecule has 2 rings (SSSR count). The molecule has 0 saturated carbocycles. The lowest BCUT2D eigenvalue weighted by Gasteiger charge is -2.09. The van der Waals surface area contributed by atoms with Crippen LogP contribution in [0.2, 0.25) is 0 Å². The Bertz CT molecular complexity index is 691. The third-order valence-electron chi connectivity index (χ3n) is 3.11. The topological polar surface area (TPSA) is 69.6 Å². The third kappa shape index (κ3) is 5.14. The average Bonchev–Trinajstić information content (AvgIpc) is 2.85. The van der Waals surface area contributed by atoms with Crippen molar-refractivity contribution in [2.24, 2.45) is 0 Å². The maximum atomic E-state index is 11.8. The Morgan fingerprint density at radius 2 is 1.87 bits per heavy atom. The maximum Gasteiger partial charge on any atom is 0.307 e. The van der Waals surface area contributed by atoms with Gasteiger partial charge in [0.2, 0.25) is 5.91 Å². The molecule has 0 aliphatic rings. The molecule has 0 radical (unpaired) electrons. The predicted molar refractivity (Wildman–Crippen MR) is 89.4 cm³/mol. The highest BCUT2D eigenvalue weighted by Crippen LogP contribution is 2.17. The molecule has 0 spiro atoms. The molecule has 0 unspecified atom stereocenters. The number of carbonyl (C=O) groups is 1. The summed E-state index contributed by atoms with van der Waals surface area (Å²) >= 11 is 1.10. The fourth-order valence-corrected chi connectivity index (χ4v) is 2.69. The van der Waals surface area contributed by atoms with Gasteiger partial charge >= 0.3 is 4.87 Å². The van der Waals surface area contributed by atoms with E-state index in [0.29, 0.717) is 25.5 Å². The van der Waals surface area contributed by atoms with Gasteiger partial charge in [0, 0.05) is 11.1 Å². The number of amides is 1. The smallest absolute Gasteiger partial charge is 0.307 e. The number of benzene rings is 1. The third-order valence-corrected chi connectivity index (χ3v) is 3.99. The largest absolute Gasteiger partial charge is 0.494 e. The summed E-state index contributed by atoms with van der Waals surface area (Å²) in [6.45, 7) is 5.14. The molecule has 1 N–H and O–H groups in total. The number of aromatic nitrogens is 1. The van der Waals surface area contributed by atoms with Crippen molar-refractivity contribution in [1.29, 1.82) is 0 Å². The van der Waals surface area contributed by atoms with Crippen LogP contribution < -0.4 is 19.7 Å². The second-order valence-corrected chi connectivity index (χ2v) is 5.65. The van der Waals surface area contributed by atoms with E-state index in [4.69, 9.17) is 9.47 Å². The fraction of sp³-hybridized carbons (Fsp3) is 0.375. The summed E-state index contributed by atoms with van der Waals surface area (Å²) in [5.41, 5.74) is 0.792. The monoisotopic (exact) mass is 336 g/mol. The van der Waals surface area contributed by atoms with Crippen LogP contribution in [0.15, 0.2) is 34.4 Å². The van der Waals surface area contributed by atoms with Crippen molar-refractivity contribution >= 4 is 17.2 Å². The van der Waals surface area contributed by atoms with Crippen LogP contribution in [-0.2, 0) is 11.3 Å². The van der Waals surface area contributed by atoms with Crippen LogP contribution in [0, 0.1) is 6.92 Å². The van der Waals surface area contributed by atoms with E-state index in [2.05, 4.69) is 5.32 Å². The highest BCUT2D eigenvalue weighted by atomic mass is 32.1. The molecule has 0 aliphatic heterocycles. The summed E-state index contributed by atoms with van der Waals surface area (Å²) in [6, 6.07) is 7.31. The summed E-state index contributed by atoms with van der Waals surface area (Å²) in [7, 11) is 0. The lowest BCUT2D eigenvalue weighted by molar-refractivity contribution is -0.121. The van der Waals surface area contributed by atoms with E-state index < -0.39 is 0 Å². The van der Waals surface area contributed by atoms with E-state index in [0.717, 1.165) is 22.8 Å². The van der Waals surface area contributed by atoms with Gasteiger partial charge in [-0.1, -0.05) is 11.3 Å². The van der Waals surface area contributed by atoms with Gasteiger partial charge in [0.05, 0.1) is 13.2 Å². The first-order valence-corrected chi connectivity index (χ1v) is 8.25. The molecule has 0 aliphatic carbocycles. The van der Waals surface area contributed by atoms with Gasteiger partial charge in [-0.05, 0) is 38.1 Å². The fourth-order valence-electron chi connectivity index (χ4n) is 1.95. The molecule has 1 aromatic carbocycles. The van der Waals surface area contributed by atoms with Crippen molar-refractivity contribution in [3.63, 3.8) is 0 Å². The van der Waals surface area contributed by atoms with E-state index in [1.54, 1.807) is 12.3 Å². The van der Waals surface area contributed by atoms with Crippen LogP contribution in [-0.4, -0.2) is 30.2 Å². The van der Waals surface area contributed by atoms with Crippen molar-refractivity contribution in [3.8, 4) is 11.5 Å². The molecule has 124 valence electrons. The summed E-state index contributed by atoms with van der Waals surface area (Å²) < 4.78 is 12.3. The predicted octanol–water partition coefficient (Wildman–Crippen LogP) is 1.81. The van der Waals surface area contributed by atoms with Gasteiger partial charge in [0.25, 0.3) is 0 Å². The minimum absolute atomic E-state index is 0.0389. The van der Waals surface area contributed by atoms with Gasteiger partial charge in [-0.15, -0.1) is 0 Å². The van der Waals surface area contributed by atoms with E-state index in [9.17, 15) is 9.59 Å². The van der Waals surface area contributed by atoms with Crippen LogP contribution in [0.1, 0.15) is 12.6 Å². The summed E-state index contributed by atoms with van der Waals surface area (Å²) in [5.74, 6) is 1.31. The number of aryl methyl sites for hydroxylation is 1. The number of carbonyl (C=O) groups excluding carboxylic acids is 1. The first kappa shape index (κ1) is 17.1. The van der Waals surface area contributed by atoms with Crippen LogP contribution in [0.3, 0.4) is 0 Å². The normalized spacial score (nSPS) is 10.3. The van der Waals surface area contributed by atoms with Crippen molar-refractivity contribution in [1.82, 2.24) is 9.88 Å². The van der Waals surface area contributed by atoms with Crippen molar-refractivity contribution in [3.05, 3.63) is 45.0 Å². The second kappa shape index (κ2) is 8.38. The highest BCUT2D eigenvalue weighted by molar-refractivity contribution is 7.07. The zero-order chi connectivity index (χ0) is 16.7. The number of nitrogens with zero attached hydrogens (tertiary/aromatic N) is 1. The molecule has 1 amide bonds. The average molecular weight is 336 g/mol. The zero-order valence-corrected chi connectivity index (χ0v) is 14.0. The number of hydrogen-bond acceptors (Lipinski definition) is 5. The van der Waals surface area contributed by atoms with Crippen molar-refractivity contribution in [2.75, 3.05) is 19.8 Å². The number of ether oxygens (including phenoxy) is 2. The molecular formula is C16H20N2O4S. The zero-order valence-electron chi connectivity index (χ0n) is 13.2. The van der Waals surface area contributed by atoms with Crippen LogP contribution in [0.25, 0.3) is 0 Å². The number of nitrogens with one attached hydrogen (secondary N) is 1. The number of hydrogen-bond donors (Lipinski definition) is 1. The molecular weight excluding hydrogens is 316 g/mol. The maximum absolute atomic E-state index is 11.8. The van der Waals surface area contributed by atoms with Gasteiger partial charge in [-0.25, -0.2) is 0 Å². The Morgan fingerprint density at radius 1 is 1.22 bits per heavy atom. The van der Waals surface area contributed by atoms with Gasteiger partial charge in [0.15, 0.2) is 0 Å². The lowest BCUT2D eigenvalue weighted by atomic mass is 10.3. The van der Waals surface area contributed by atoms with Crippen LogP contribution in [0.5, 0.6) is 11.5 Å². The van der Waals surface area contributed by atoms with Gasteiger partial charge in [-0.2, -0.15) is 0 Å². The van der Waals surface area contributed by atoms with Gasteiger partial charge in [-0.3, -0.25) is 14.2 Å². The second-order valence-electron chi connectivity index (χ2n) is 4.83. The Morgan fingerprint density at radius 3 is 2.43 bits per heavy atom. The first-order chi connectivity index (χ1) is 11.1. The summed E-state index contributed by atoms with van der Waals surface area (Å²) in [6.07, 6.45) is 0. The molecule has 7 heteroatoms. The molecule has 23 heavy (non-hydrogen) atoms. The number of thiazole rings is 1. The highest BCUT2D eigenvalue weighted by Gasteiger charge is 2.07. The van der Waals surface area contributed by atoms with E-state index >= 15 is 0 Å². The van der Waals surface area contributed by atoms with Gasteiger partial charge < -0.3 is 14.8 Å². The molecule has 1 aromatic heterocycles. The van der Waals surface area contributed by atoms with E-state index in [-0.39, 0.29) is 17.3 Å². The van der Waals surface area contributed by atoms with Gasteiger partial charge in [0.1, 0.15) is 24.7 Å². The van der Waals surface area contributed by atoms with Crippen LogP contribution in [0.4, 0.5) is 0 Å². The molecule has 0 atom stereocenters. The molecule has 2 aromatic rings. The molecule has 0 saturated heterocycles. The van der Waals surface area contributed by atoms with Crippen LogP contribution >= 0.6 is 11.3 Å². The Hall–Kier alpha value is -2.28. The lowest BCUT2D eigenvalue weighted by Crippen LogP contribution is -2.33. The molecule has 0 bridgehead atoms. The Balaban J connectivity index is 1.70. The Labute approximate surface area is 138 Å². The van der Waals surface area contributed by atoms with E-state index in [1.165, 1.54) is 4.57 Å². The standard InChI is InChI=1S/C16H20N2O4S/c1-3-21-13-4-6-14(7-5-13)22-9-8-17-15(19)10-18-12(2)11-23-16(18)20/h4-7,11H,3,8-10H2,1-2H3,(H,17,19). The Kier molecular flexibility index (Phi) is 6.22. The molecule has 6 nitrogen and oxygen atoms in total. The molecule has 1 heterocycles. The van der Waals surface area contributed by atoms with E-state index in [1.807, 2.05) is 31.2 Å². The van der Waals surface area contributed by atoms with Crippen molar-refractivity contribution in [2.45, 2.75) is 20.4 Å².